The molecule has 4 nitrogen and oxygen atoms in total. The zero-order chi connectivity index (χ0) is 16.1. The summed E-state index contributed by atoms with van der Waals surface area (Å²) in [6.45, 7) is 8.58. The lowest BCUT2D eigenvalue weighted by atomic mass is 10.1. The quantitative estimate of drug-likeness (QED) is 0.803. The molecule has 0 saturated heterocycles. The van der Waals surface area contributed by atoms with Crippen molar-refractivity contribution >= 4 is 10.0 Å². The molecule has 5 heteroatoms. The average molecular weight is 312 g/mol. The normalized spacial score (nSPS) is 12.9. The summed E-state index contributed by atoms with van der Waals surface area (Å²) < 4.78 is 27.3. The summed E-state index contributed by atoms with van der Waals surface area (Å²) in [5.74, 6) is 0. The summed E-state index contributed by atoms with van der Waals surface area (Å²) in [7, 11) is -3.51. The Morgan fingerprint density at radius 2 is 1.67 bits per heavy atom. The molecule has 0 spiro atoms. The van der Waals surface area contributed by atoms with Gasteiger partial charge in [-0.25, -0.2) is 8.42 Å². The van der Waals surface area contributed by atoms with Crippen LogP contribution in [0.2, 0.25) is 0 Å². The fourth-order valence-electron chi connectivity index (χ4n) is 2.30. The van der Waals surface area contributed by atoms with Crippen molar-refractivity contribution in [1.29, 1.82) is 0 Å². The van der Waals surface area contributed by atoms with Gasteiger partial charge >= 0.3 is 0 Å². The number of rotatable bonds is 8. The number of nitrogens with two attached hydrogens (primary N) is 1. The van der Waals surface area contributed by atoms with Crippen LogP contribution >= 0.6 is 0 Å². The fourth-order valence-corrected chi connectivity index (χ4v) is 4.18. The molecule has 0 fully saturated rings. The predicted molar refractivity (Wildman–Crippen MR) is 87.8 cm³/mol. The third-order valence-corrected chi connectivity index (χ3v) is 5.78. The van der Waals surface area contributed by atoms with E-state index >= 15 is 0 Å². The SMILES string of the molecule is CCCc1ccc(S(=O)(=O)N(CCC)C(C)(C)CN)cc1. The van der Waals surface area contributed by atoms with Crippen molar-refractivity contribution in [3.05, 3.63) is 29.8 Å². The number of sulfonamides is 1. The summed E-state index contributed by atoms with van der Waals surface area (Å²) in [5.41, 5.74) is 6.35. The third kappa shape index (κ3) is 4.28. The highest BCUT2D eigenvalue weighted by Crippen LogP contribution is 2.25. The van der Waals surface area contributed by atoms with Crippen LogP contribution in [0, 0.1) is 0 Å². The largest absolute Gasteiger partial charge is 0.329 e. The van der Waals surface area contributed by atoms with E-state index in [2.05, 4.69) is 6.92 Å². The standard InChI is InChI=1S/C16H28N2O2S/c1-5-7-14-8-10-15(11-9-14)21(19,20)18(12-6-2)16(3,4)13-17/h8-11H,5-7,12-13,17H2,1-4H3. The maximum absolute atomic E-state index is 12.9. The van der Waals surface area contributed by atoms with E-state index in [1.54, 1.807) is 12.1 Å². The van der Waals surface area contributed by atoms with Gasteiger partial charge in [0.2, 0.25) is 10.0 Å². The van der Waals surface area contributed by atoms with Crippen LogP contribution in [-0.4, -0.2) is 31.4 Å². The van der Waals surface area contributed by atoms with E-state index in [9.17, 15) is 8.42 Å². The zero-order valence-electron chi connectivity index (χ0n) is 13.6. The Balaban J connectivity index is 3.16. The Kier molecular flexibility index (Phi) is 6.38. The first-order valence-corrected chi connectivity index (χ1v) is 9.05. The van der Waals surface area contributed by atoms with Gasteiger partial charge in [0.15, 0.2) is 0 Å². The fraction of sp³-hybridized carbons (Fsp3) is 0.625. The monoisotopic (exact) mass is 312 g/mol. The molecule has 120 valence electrons. The summed E-state index contributed by atoms with van der Waals surface area (Å²) in [6, 6.07) is 7.21. The first-order chi connectivity index (χ1) is 9.79. The van der Waals surface area contributed by atoms with Gasteiger partial charge in [0, 0.05) is 18.6 Å². The summed E-state index contributed by atoms with van der Waals surface area (Å²) in [6.07, 6.45) is 2.78. The highest BCUT2D eigenvalue weighted by molar-refractivity contribution is 7.89. The Morgan fingerprint density at radius 1 is 1.10 bits per heavy atom. The predicted octanol–water partition coefficient (Wildman–Crippen LogP) is 2.78. The molecule has 1 aromatic carbocycles. The number of hydrogen-bond donors (Lipinski definition) is 1. The minimum absolute atomic E-state index is 0.292. The van der Waals surface area contributed by atoms with E-state index in [0.717, 1.165) is 24.8 Å². The van der Waals surface area contributed by atoms with E-state index < -0.39 is 15.6 Å². The molecular formula is C16H28N2O2S. The second-order valence-electron chi connectivity index (χ2n) is 5.99. The van der Waals surface area contributed by atoms with Crippen molar-refractivity contribution in [3.63, 3.8) is 0 Å². The molecule has 0 amide bonds. The average Bonchev–Trinajstić information content (AvgIpc) is 2.45. The van der Waals surface area contributed by atoms with Gasteiger partial charge in [-0.15, -0.1) is 0 Å². The van der Waals surface area contributed by atoms with Crippen LogP contribution in [0.3, 0.4) is 0 Å². The Hall–Kier alpha value is -0.910. The maximum Gasteiger partial charge on any atom is 0.243 e. The molecule has 1 aromatic rings. The number of benzene rings is 1. The van der Waals surface area contributed by atoms with Crippen molar-refractivity contribution in [2.75, 3.05) is 13.1 Å². The molecule has 0 atom stereocenters. The number of aryl methyl sites for hydroxylation is 1. The highest BCUT2D eigenvalue weighted by atomic mass is 32.2. The smallest absolute Gasteiger partial charge is 0.243 e. The van der Waals surface area contributed by atoms with Gasteiger partial charge in [0.05, 0.1) is 4.90 Å². The molecule has 0 bridgehead atoms. The van der Waals surface area contributed by atoms with Crippen LogP contribution in [-0.2, 0) is 16.4 Å². The second kappa shape index (κ2) is 7.38. The van der Waals surface area contributed by atoms with Crippen LogP contribution in [0.1, 0.15) is 46.1 Å². The molecular weight excluding hydrogens is 284 g/mol. The highest BCUT2D eigenvalue weighted by Gasteiger charge is 2.35. The first kappa shape index (κ1) is 18.1. The van der Waals surface area contributed by atoms with Crippen molar-refractivity contribution in [2.24, 2.45) is 5.73 Å². The van der Waals surface area contributed by atoms with Crippen LogP contribution in [0.15, 0.2) is 29.2 Å². The number of hydrogen-bond acceptors (Lipinski definition) is 3. The molecule has 0 unspecified atom stereocenters. The minimum atomic E-state index is -3.51. The molecule has 0 aliphatic rings. The Morgan fingerprint density at radius 3 is 2.10 bits per heavy atom. The van der Waals surface area contributed by atoms with E-state index in [-0.39, 0.29) is 0 Å². The zero-order valence-corrected chi connectivity index (χ0v) is 14.4. The van der Waals surface area contributed by atoms with E-state index in [4.69, 9.17) is 5.73 Å². The summed E-state index contributed by atoms with van der Waals surface area (Å²) in [4.78, 5) is 0.345. The van der Waals surface area contributed by atoms with E-state index in [1.807, 2.05) is 32.9 Å². The van der Waals surface area contributed by atoms with Gasteiger partial charge in [-0.05, 0) is 44.4 Å². The van der Waals surface area contributed by atoms with Crippen molar-refractivity contribution in [3.8, 4) is 0 Å². The summed E-state index contributed by atoms with van der Waals surface area (Å²) >= 11 is 0. The van der Waals surface area contributed by atoms with E-state index in [0.29, 0.717) is 18.0 Å². The Bertz CT molecular complexity index is 536. The lowest BCUT2D eigenvalue weighted by molar-refractivity contribution is 0.235. The van der Waals surface area contributed by atoms with Gasteiger partial charge in [0.1, 0.15) is 0 Å². The molecule has 0 radical (unpaired) electrons. The van der Waals surface area contributed by atoms with E-state index in [1.165, 1.54) is 4.31 Å². The van der Waals surface area contributed by atoms with Crippen molar-refractivity contribution in [2.45, 2.75) is 57.4 Å². The molecule has 21 heavy (non-hydrogen) atoms. The molecule has 0 saturated carbocycles. The lowest BCUT2D eigenvalue weighted by Gasteiger charge is -2.36. The van der Waals surface area contributed by atoms with Gasteiger partial charge in [-0.2, -0.15) is 4.31 Å². The molecule has 2 N–H and O–H groups in total. The molecule has 0 aliphatic heterocycles. The van der Waals surface area contributed by atoms with Gasteiger partial charge in [0.25, 0.3) is 0 Å². The lowest BCUT2D eigenvalue weighted by Crippen LogP contribution is -2.52. The second-order valence-corrected chi connectivity index (χ2v) is 7.85. The van der Waals surface area contributed by atoms with Crippen LogP contribution in [0.4, 0.5) is 0 Å². The topological polar surface area (TPSA) is 63.4 Å². The third-order valence-electron chi connectivity index (χ3n) is 3.65. The van der Waals surface area contributed by atoms with Gasteiger partial charge in [-0.1, -0.05) is 32.4 Å². The van der Waals surface area contributed by atoms with Crippen LogP contribution < -0.4 is 5.73 Å². The maximum atomic E-state index is 12.9. The summed E-state index contributed by atoms with van der Waals surface area (Å²) in [5, 5.41) is 0. The molecule has 0 heterocycles. The van der Waals surface area contributed by atoms with Crippen LogP contribution in [0.5, 0.6) is 0 Å². The number of nitrogens with zero attached hydrogens (tertiary/aromatic N) is 1. The first-order valence-electron chi connectivity index (χ1n) is 7.61. The minimum Gasteiger partial charge on any atom is -0.329 e. The van der Waals surface area contributed by atoms with Gasteiger partial charge in [-0.3, -0.25) is 0 Å². The molecule has 0 aromatic heterocycles. The van der Waals surface area contributed by atoms with Crippen LogP contribution in [0.25, 0.3) is 0 Å². The Labute approximate surface area is 129 Å². The van der Waals surface area contributed by atoms with Gasteiger partial charge < -0.3 is 5.73 Å². The molecule has 0 aliphatic carbocycles. The van der Waals surface area contributed by atoms with Crippen molar-refractivity contribution in [1.82, 2.24) is 4.31 Å². The van der Waals surface area contributed by atoms with Crippen molar-refractivity contribution < 1.29 is 8.42 Å². The molecule has 1 rings (SSSR count).